The van der Waals surface area contributed by atoms with Gasteiger partial charge in [-0.25, -0.2) is 13.2 Å². The van der Waals surface area contributed by atoms with Gasteiger partial charge in [-0.1, -0.05) is 12.1 Å². The van der Waals surface area contributed by atoms with Crippen molar-refractivity contribution in [3.63, 3.8) is 0 Å². The molecule has 0 unspecified atom stereocenters. The van der Waals surface area contributed by atoms with Gasteiger partial charge in [-0.2, -0.15) is 5.10 Å². The van der Waals surface area contributed by atoms with E-state index in [9.17, 15) is 18.0 Å². The van der Waals surface area contributed by atoms with Crippen LogP contribution in [0.3, 0.4) is 0 Å². The van der Waals surface area contributed by atoms with E-state index >= 15 is 0 Å². The molecule has 1 aromatic carbocycles. The highest BCUT2D eigenvalue weighted by Gasteiger charge is 2.35. The molecule has 0 saturated carbocycles. The monoisotopic (exact) mass is 295 g/mol. The first-order valence-corrected chi connectivity index (χ1v) is 7.64. The van der Waals surface area contributed by atoms with Crippen LogP contribution in [0.4, 0.5) is 0 Å². The minimum Gasteiger partial charge on any atom is -0.269 e. The highest BCUT2D eigenvalue weighted by molar-refractivity contribution is 7.88. The number of rotatable bonds is 4. The smallest absolute Gasteiger partial charge is 0.261 e. The van der Waals surface area contributed by atoms with Gasteiger partial charge in [0.2, 0.25) is 10.0 Å². The zero-order valence-corrected chi connectivity index (χ0v) is 11.8. The van der Waals surface area contributed by atoms with Gasteiger partial charge in [-0.05, 0) is 19.1 Å². The lowest BCUT2D eigenvalue weighted by Crippen LogP contribution is -2.35. The van der Waals surface area contributed by atoms with Gasteiger partial charge >= 0.3 is 0 Å². The van der Waals surface area contributed by atoms with Crippen LogP contribution in [0.15, 0.2) is 29.4 Å². The van der Waals surface area contributed by atoms with Gasteiger partial charge in [0.15, 0.2) is 0 Å². The number of sulfonamides is 1. The maximum atomic E-state index is 12.1. The van der Waals surface area contributed by atoms with Gasteiger partial charge in [0.1, 0.15) is 0 Å². The molecule has 1 heterocycles. The summed E-state index contributed by atoms with van der Waals surface area (Å²) in [7, 11) is -3.46. The summed E-state index contributed by atoms with van der Waals surface area (Å²) in [5.74, 6) is -0.806. The van der Waals surface area contributed by atoms with Crippen LogP contribution in [-0.2, 0) is 10.0 Å². The van der Waals surface area contributed by atoms with E-state index in [1.54, 1.807) is 24.3 Å². The van der Waals surface area contributed by atoms with Crippen LogP contribution in [0.1, 0.15) is 27.6 Å². The maximum absolute atomic E-state index is 12.1. The van der Waals surface area contributed by atoms with Gasteiger partial charge < -0.3 is 0 Å². The molecule has 2 amide bonds. The molecular formula is C12H13N3O4S. The molecule has 7 nitrogen and oxygen atoms in total. The number of hydrogen-bond donors (Lipinski definition) is 1. The first kappa shape index (κ1) is 14.2. The summed E-state index contributed by atoms with van der Waals surface area (Å²) in [5, 5.41) is 3.62. The highest BCUT2D eigenvalue weighted by Crippen LogP contribution is 2.21. The zero-order chi connectivity index (χ0) is 14.9. The Kier molecular flexibility index (Phi) is 3.58. The van der Waals surface area contributed by atoms with E-state index in [0.717, 1.165) is 11.2 Å². The average molecular weight is 295 g/mol. The molecule has 0 fully saturated rings. The Morgan fingerprint density at radius 2 is 1.70 bits per heavy atom. The topological polar surface area (TPSA) is 95.9 Å². The fourth-order valence-corrected chi connectivity index (χ4v) is 2.13. The Morgan fingerprint density at radius 1 is 1.20 bits per heavy atom. The Bertz CT molecular complexity index is 674. The number of carbonyl (C=O) groups excluding carboxylic acids is 2. The standard InChI is InChI=1S/C12H13N3O4S/c1-8(13-14-20(2,18)19)7-15-11(16)9-5-3-4-6-10(9)12(15)17/h3-6,14H,7H2,1-2H3/b13-8+. The molecule has 8 heteroatoms. The molecule has 0 aliphatic carbocycles. The third-order valence-electron chi connectivity index (χ3n) is 2.67. The SMILES string of the molecule is C/C(CN1C(=O)c2ccccc2C1=O)=N\NS(C)(=O)=O. The summed E-state index contributed by atoms with van der Waals surface area (Å²) >= 11 is 0. The molecule has 106 valence electrons. The van der Waals surface area contributed by atoms with Gasteiger partial charge in [-0.3, -0.25) is 14.5 Å². The zero-order valence-electron chi connectivity index (χ0n) is 11.0. The molecule has 1 aliphatic heterocycles. The van der Waals surface area contributed by atoms with Crippen molar-refractivity contribution in [2.24, 2.45) is 5.10 Å². The fourth-order valence-electron chi connectivity index (χ4n) is 1.81. The van der Waals surface area contributed by atoms with Crippen LogP contribution >= 0.6 is 0 Å². The second kappa shape index (κ2) is 5.04. The van der Waals surface area contributed by atoms with Crippen molar-refractivity contribution in [1.29, 1.82) is 0 Å². The molecule has 0 bridgehead atoms. The molecule has 1 N–H and O–H groups in total. The summed E-state index contributed by atoms with van der Waals surface area (Å²) in [6.45, 7) is 1.47. The van der Waals surface area contributed by atoms with Gasteiger partial charge in [0, 0.05) is 0 Å². The minimum atomic E-state index is -3.46. The predicted octanol–water partition coefficient (Wildman–Crippen LogP) is 0.208. The average Bonchev–Trinajstić information content (AvgIpc) is 2.62. The van der Waals surface area contributed by atoms with E-state index < -0.39 is 21.8 Å². The van der Waals surface area contributed by atoms with Crippen LogP contribution in [0.2, 0.25) is 0 Å². The van der Waals surface area contributed by atoms with E-state index in [-0.39, 0.29) is 6.54 Å². The van der Waals surface area contributed by atoms with Crippen molar-refractivity contribution in [1.82, 2.24) is 9.73 Å². The Balaban J connectivity index is 2.17. The second-order valence-electron chi connectivity index (χ2n) is 4.45. The van der Waals surface area contributed by atoms with Gasteiger partial charge in [0.25, 0.3) is 11.8 Å². The molecule has 0 radical (unpaired) electrons. The van der Waals surface area contributed by atoms with Crippen molar-refractivity contribution < 1.29 is 18.0 Å². The number of hydrogen-bond acceptors (Lipinski definition) is 5. The van der Waals surface area contributed by atoms with Crippen LogP contribution in [0.25, 0.3) is 0 Å². The van der Waals surface area contributed by atoms with Crippen molar-refractivity contribution in [3.8, 4) is 0 Å². The lowest BCUT2D eigenvalue weighted by atomic mass is 10.1. The third-order valence-corrected chi connectivity index (χ3v) is 3.09. The fraction of sp³-hybridized carbons (Fsp3) is 0.250. The molecule has 0 atom stereocenters. The Labute approximate surface area is 116 Å². The number of amides is 2. The molecule has 1 aromatic rings. The maximum Gasteiger partial charge on any atom is 0.261 e. The van der Waals surface area contributed by atoms with Crippen molar-refractivity contribution >= 4 is 27.5 Å². The van der Waals surface area contributed by atoms with E-state index in [2.05, 4.69) is 5.10 Å². The molecule has 0 saturated heterocycles. The van der Waals surface area contributed by atoms with E-state index in [4.69, 9.17) is 0 Å². The van der Waals surface area contributed by atoms with Crippen LogP contribution in [-0.4, -0.2) is 43.6 Å². The minimum absolute atomic E-state index is 0.0606. The quantitative estimate of drug-likeness (QED) is 0.488. The van der Waals surface area contributed by atoms with Crippen molar-refractivity contribution in [3.05, 3.63) is 35.4 Å². The van der Waals surface area contributed by atoms with Crippen LogP contribution in [0, 0.1) is 0 Å². The third kappa shape index (κ3) is 2.85. The first-order valence-electron chi connectivity index (χ1n) is 5.75. The normalized spacial score (nSPS) is 15.5. The van der Waals surface area contributed by atoms with Crippen LogP contribution < -0.4 is 4.83 Å². The Hall–Kier alpha value is -2.22. The number of fused-ring (bicyclic) bond motifs is 1. The molecule has 20 heavy (non-hydrogen) atoms. The number of carbonyl (C=O) groups is 2. The summed E-state index contributed by atoms with van der Waals surface area (Å²) in [6.07, 6.45) is 0.964. The van der Waals surface area contributed by atoms with E-state index in [1.807, 2.05) is 4.83 Å². The molecular weight excluding hydrogens is 282 g/mol. The van der Waals surface area contributed by atoms with Gasteiger partial charge in [-0.15, -0.1) is 0 Å². The summed E-state index contributed by atoms with van der Waals surface area (Å²) in [6, 6.07) is 6.52. The van der Waals surface area contributed by atoms with Crippen molar-refractivity contribution in [2.75, 3.05) is 12.8 Å². The molecule has 2 rings (SSSR count). The number of nitrogens with zero attached hydrogens (tertiary/aromatic N) is 2. The van der Waals surface area contributed by atoms with E-state index in [0.29, 0.717) is 16.8 Å². The lowest BCUT2D eigenvalue weighted by Gasteiger charge is -2.13. The first-order chi connectivity index (χ1) is 9.29. The summed E-state index contributed by atoms with van der Waals surface area (Å²) < 4.78 is 21.8. The largest absolute Gasteiger partial charge is 0.269 e. The lowest BCUT2D eigenvalue weighted by molar-refractivity contribution is 0.0677. The summed E-state index contributed by atoms with van der Waals surface area (Å²) in [4.78, 5) is 27.1. The number of benzene rings is 1. The molecule has 0 aromatic heterocycles. The number of imide groups is 1. The highest BCUT2D eigenvalue weighted by atomic mass is 32.2. The second-order valence-corrected chi connectivity index (χ2v) is 6.18. The predicted molar refractivity (Wildman–Crippen MR) is 72.9 cm³/mol. The Morgan fingerprint density at radius 3 is 2.15 bits per heavy atom. The van der Waals surface area contributed by atoms with Gasteiger partial charge in [0.05, 0.1) is 29.6 Å². The molecule has 0 spiro atoms. The number of hydrazone groups is 1. The molecule has 1 aliphatic rings. The van der Waals surface area contributed by atoms with Crippen LogP contribution in [0.5, 0.6) is 0 Å². The van der Waals surface area contributed by atoms with E-state index in [1.165, 1.54) is 6.92 Å². The van der Waals surface area contributed by atoms with Crippen molar-refractivity contribution in [2.45, 2.75) is 6.92 Å². The summed E-state index contributed by atoms with van der Waals surface area (Å²) in [5.41, 5.74) is 1.01. The number of nitrogens with one attached hydrogen (secondary N) is 1.